The van der Waals surface area contributed by atoms with Gasteiger partial charge >= 0.3 is 0 Å². The van der Waals surface area contributed by atoms with Crippen LogP contribution < -0.4 is 0 Å². The Labute approximate surface area is 175 Å². The summed E-state index contributed by atoms with van der Waals surface area (Å²) < 4.78 is 1.85. The highest BCUT2D eigenvalue weighted by atomic mass is 16.2. The lowest BCUT2D eigenvalue weighted by molar-refractivity contribution is 0.0608. The van der Waals surface area contributed by atoms with Gasteiger partial charge in [0, 0.05) is 42.7 Å². The molecule has 6 heteroatoms. The molecule has 1 aliphatic heterocycles. The predicted octanol–water partition coefficient (Wildman–Crippen LogP) is 3.87. The third-order valence-electron chi connectivity index (χ3n) is 6.02. The molecule has 150 valence electrons. The molecule has 0 saturated carbocycles. The molecule has 6 nitrogen and oxygen atoms in total. The highest BCUT2D eigenvalue weighted by Gasteiger charge is 2.43. The molecular formula is C24H23N5O. The Hall–Kier alpha value is -3.54. The van der Waals surface area contributed by atoms with Crippen LogP contribution in [0.2, 0.25) is 0 Å². The highest BCUT2D eigenvalue weighted by molar-refractivity contribution is 5.95. The second-order valence-corrected chi connectivity index (χ2v) is 7.96. The first kappa shape index (κ1) is 18.5. The summed E-state index contributed by atoms with van der Waals surface area (Å²) in [5, 5.41) is 4.44. The number of aromatic nitrogens is 4. The summed E-state index contributed by atoms with van der Waals surface area (Å²) in [5.74, 6) is 0.0313. The molecule has 1 aromatic carbocycles. The maximum atomic E-state index is 13.6. The van der Waals surface area contributed by atoms with Crippen molar-refractivity contribution in [3.05, 3.63) is 95.7 Å². The molecule has 4 aromatic rings. The van der Waals surface area contributed by atoms with Gasteiger partial charge in [-0.2, -0.15) is 5.10 Å². The standard InChI is InChI=1S/C24H23N5O/c1-24(21-9-13-26-22-10-14-27-29(21)22)11-5-15-28(24)23(30)19-8-12-25-20(17-19)16-18-6-3-2-4-7-18/h2-4,6-10,12-14,17H,5,11,15-16H2,1H3/t24-/m0/s1. The van der Waals surface area contributed by atoms with Crippen LogP contribution in [-0.2, 0) is 12.0 Å². The number of hydrogen-bond donors (Lipinski definition) is 0. The molecule has 5 rings (SSSR count). The zero-order valence-electron chi connectivity index (χ0n) is 16.9. The maximum Gasteiger partial charge on any atom is 0.254 e. The van der Waals surface area contributed by atoms with Gasteiger partial charge in [0.2, 0.25) is 0 Å². The number of pyridine rings is 1. The van der Waals surface area contributed by atoms with Crippen LogP contribution in [0.15, 0.2) is 73.2 Å². The molecule has 0 radical (unpaired) electrons. The molecule has 1 aliphatic rings. The molecule has 1 saturated heterocycles. The van der Waals surface area contributed by atoms with Crippen LogP contribution in [0.5, 0.6) is 0 Å². The lowest BCUT2D eigenvalue weighted by atomic mass is 9.93. The number of hydrogen-bond acceptors (Lipinski definition) is 4. The Morgan fingerprint density at radius 3 is 2.73 bits per heavy atom. The van der Waals surface area contributed by atoms with Gasteiger partial charge in [-0.3, -0.25) is 9.78 Å². The van der Waals surface area contributed by atoms with Gasteiger partial charge in [-0.25, -0.2) is 9.50 Å². The van der Waals surface area contributed by atoms with Crippen LogP contribution in [0.3, 0.4) is 0 Å². The van der Waals surface area contributed by atoms with Crippen molar-refractivity contribution in [2.45, 2.75) is 31.7 Å². The summed E-state index contributed by atoms with van der Waals surface area (Å²) >= 11 is 0. The fraction of sp³-hybridized carbons (Fsp3) is 0.250. The van der Waals surface area contributed by atoms with Crippen molar-refractivity contribution >= 4 is 11.6 Å². The zero-order valence-corrected chi connectivity index (χ0v) is 16.9. The number of amides is 1. The minimum atomic E-state index is -0.437. The van der Waals surface area contributed by atoms with E-state index in [1.807, 2.05) is 51.9 Å². The van der Waals surface area contributed by atoms with Crippen LogP contribution in [0.4, 0.5) is 0 Å². The summed E-state index contributed by atoms with van der Waals surface area (Å²) in [4.78, 5) is 24.4. The zero-order chi connectivity index (χ0) is 20.6. The average Bonchev–Trinajstić information content (AvgIpc) is 3.41. The Morgan fingerprint density at radius 1 is 1.03 bits per heavy atom. The van der Waals surface area contributed by atoms with E-state index in [1.54, 1.807) is 18.6 Å². The van der Waals surface area contributed by atoms with E-state index in [0.717, 1.165) is 36.4 Å². The van der Waals surface area contributed by atoms with E-state index in [1.165, 1.54) is 5.56 Å². The monoisotopic (exact) mass is 397 g/mol. The van der Waals surface area contributed by atoms with Gasteiger partial charge in [0.05, 0.1) is 17.4 Å². The van der Waals surface area contributed by atoms with E-state index in [-0.39, 0.29) is 5.91 Å². The van der Waals surface area contributed by atoms with Gasteiger partial charge in [0.15, 0.2) is 5.65 Å². The van der Waals surface area contributed by atoms with Crippen molar-refractivity contribution < 1.29 is 4.79 Å². The third-order valence-corrected chi connectivity index (χ3v) is 6.02. The minimum absolute atomic E-state index is 0.0313. The molecule has 1 fully saturated rings. The molecule has 0 spiro atoms. The molecule has 0 N–H and O–H groups in total. The normalized spacial score (nSPS) is 18.8. The molecule has 0 bridgehead atoms. The molecule has 1 atom stereocenters. The van der Waals surface area contributed by atoms with E-state index in [0.29, 0.717) is 12.0 Å². The Balaban J connectivity index is 1.47. The first-order valence-corrected chi connectivity index (χ1v) is 10.3. The maximum absolute atomic E-state index is 13.6. The second-order valence-electron chi connectivity index (χ2n) is 7.96. The smallest absolute Gasteiger partial charge is 0.254 e. The molecule has 4 heterocycles. The van der Waals surface area contributed by atoms with Gasteiger partial charge in [-0.1, -0.05) is 30.3 Å². The average molecular weight is 397 g/mol. The third kappa shape index (κ3) is 3.14. The van der Waals surface area contributed by atoms with E-state index in [2.05, 4.69) is 34.1 Å². The van der Waals surface area contributed by atoms with Crippen LogP contribution in [0.25, 0.3) is 5.65 Å². The molecule has 1 amide bonds. The summed E-state index contributed by atoms with van der Waals surface area (Å²) in [7, 11) is 0. The Bertz CT molecular complexity index is 1200. The number of benzene rings is 1. The first-order chi connectivity index (χ1) is 14.6. The van der Waals surface area contributed by atoms with Crippen LogP contribution in [0, 0.1) is 0 Å². The van der Waals surface area contributed by atoms with Crippen LogP contribution >= 0.6 is 0 Å². The number of fused-ring (bicyclic) bond motifs is 1. The Morgan fingerprint density at radius 2 is 1.87 bits per heavy atom. The largest absolute Gasteiger partial charge is 0.328 e. The minimum Gasteiger partial charge on any atom is -0.328 e. The van der Waals surface area contributed by atoms with Gasteiger partial charge in [0.1, 0.15) is 0 Å². The van der Waals surface area contributed by atoms with E-state index < -0.39 is 5.54 Å². The fourth-order valence-electron chi connectivity index (χ4n) is 4.47. The lowest BCUT2D eigenvalue weighted by Crippen LogP contribution is -2.44. The number of likely N-dealkylation sites (tertiary alicyclic amines) is 1. The summed E-state index contributed by atoms with van der Waals surface area (Å²) in [6.07, 6.45) is 7.82. The van der Waals surface area contributed by atoms with Crippen molar-refractivity contribution in [2.24, 2.45) is 0 Å². The van der Waals surface area contributed by atoms with Crippen molar-refractivity contribution in [3.63, 3.8) is 0 Å². The molecule has 3 aromatic heterocycles. The van der Waals surface area contributed by atoms with E-state index in [9.17, 15) is 4.79 Å². The fourth-order valence-corrected chi connectivity index (χ4v) is 4.47. The van der Waals surface area contributed by atoms with Gasteiger partial charge < -0.3 is 4.90 Å². The topological polar surface area (TPSA) is 63.4 Å². The highest BCUT2D eigenvalue weighted by Crippen LogP contribution is 2.39. The van der Waals surface area contributed by atoms with Gasteiger partial charge in [0.25, 0.3) is 5.91 Å². The molecule has 0 unspecified atom stereocenters. The SMILES string of the molecule is C[C@@]1(c2ccnc3ccnn23)CCCN1C(=O)c1ccnc(Cc2ccccc2)c1. The summed E-state index contributed by atoms with van der Waals surface area (Å²) in [5.41, 5.74) is 4.09. The number of nitrogens with zero attached hydrogens (tertiary/aromatic N) is 5. The molecule has 30 heavy (non-hydrogen) atoms. The van der Waals surface area contributed by atoms with E-state index >= 15 is 0 Å². The number of rotatable bonds is 4. The first-order valence-electron chi connectivity index (χ1n) is 10.3. The van der Waals surface area contributed by atoms with E-state index in [4.69, 9.17) is 0 Å². The number of carbonyl (C=O) groups is 1. The van der Waals surface area contributed by atoms with Crippen molar-refractivity contribution in [1.82, 2.24) is 24.5 Å². The summed E-state index contributed by atoms with van der Waals surface area (Å²) in [6, 6.07) is 17.8. The quantitative estimate of drug-likeness (QED) is 0.524. The van der Waals surface area contributed by atoms with Crippen molar-refractivity contribution in [1.29, 1.82) is 0 Å². The number of carbonyl (C=O) groups excluding carboxylic acids is 1. The molecular weight excluding hydrogens is 374 g/mol. The predicted molar refractivity (Wildman–Crippen MR) is 114 cm³/mol. The van der Waals surface area contributed by atoms with Crippen LogP contribution in [-0.4, -0.2) is 36.9 Å². The van der Waals surface area contributed by atoms with Gasteiger partial charge in [-0.05, 0) is 43.5 Å². The molecule has 0 aliphatic carbocycles. The second kappa shape index (κ2) is 7.37. The summed E-state index contributed by atoms with van der Waals surface area (Å²) in [6.45, 7) is 2.84. The Kier molecular flexibility index (Phi) is 4.54. The van der Waals surface area contributed by atoms with Crippen LogP contribution in [0.1, 0.15) is 47.1 Å². The lowest BCUT2D eigenvalue weighted by Gasteiger charge is -2.35. The van der Waals surface area contributed by atoms with Crippen molar-refractivity contribution in [2.75, 3.05) is 6.54 Å². The van der Waals surface area contributed by atoms with Gasteiger partial charge in [-0.15, -0.1) is 0 Å². The van der Waals surface area contributed by atoms with Crippen molar-refractivity contribution in [3.8, 4) is 0 Å².